The molecule has 2 rings (SSSR count). The molecule has 2 heterocycles. The number of rotatable bonds is 3. The first-order chi connectivity index (χ1) is 10.0. The summed E-state index contributed by atoms with van der Waals surface area (Å²) in [6.07, 6.45) is 0. The van der Waals surface area contributed by atoms with Gasteiger partial charge < -0.3 is 14.5 Å². The van der Waals surface area contributed by atoms with Crippen LogP contribution >= 0.6 is 0 Å². The Morgan fingerprint density at radius 3 is 2.90 bits per heavy atom. The molecule has 0 N–H and O–H groups in total. The van der Waals surface area contributed by atoms with Gasteiger partial charge in [0, 0.05) is 31.2 Å². The fourth-order valence-corrected chi connectivity index (χ4v) is 2.88. The Hall–Kier alpha value is -1.64. The monoisotopic (exact) mass is 288 g/mol. The zero-order chi connectivity index (χ0) is 15.4. The van der Waals surface area contributed by atoms with Gasteiger partial charge in [-0.1, -0.05) is 0 Å². The molecule has 0 aliphatic carbocycles. The van der Waals surface area contributed by atoms with Crippen molar-refractivity contribution < 1.29 is 4.74 Å². The van der Waals surface area contributed by atoms with Crippen molar-refractivity contribution in [3.63, 3.8) is 0 Å². The second kappa shape index (κ2) is 6.88. The number of nitriles is 1. The summed E-state index contributed by atoms with van der Waals surface area (Å²) in [5, 5.41) is 9.45. The molecule has 21 heavy (non-hydrogen) atoms. The van der Waals surface area contributed by atoms with Gasteiger partial charge >= 0.3 is 0 Å². The summed E-state index contributed by atoms with van der Waals surface area (Å²) in [6.45, 7) is 8.04. The number of ether oxygens (including phenoxy) is 1. The summed E-state index contributed by atoms with van der Waals surface area (Å²) in [6, 6.07) is 4.27. The van der Waals surface area contributed by atoms with Crippen molar-refractivity contribution in [3.05, 3.63) is 22.9 Å². The normalized spacial score (nSPS) is 19.4. The van der Waals surface area contributed by atoms with Crippen LogP contribution in [0.15, 0.2) is 6.07 Å². The highest BCUT2D eigenvalue weighted by Gasteiger charge is 2.23. The Labute approximate surface area is 127 Å². The molecule has 1 aromatic rings. The van der Waals surface area contributed by atoms with E-state index >= 15 is 0 Å². The third-order valence-corrected chi connectivity index (χ3v) is 3.70. The van der Waals surface area contributed by atoms with Crippen LogP contribution in [0.5, 0.6) is 0 Å². The van der Waals surface area contributed by atoms with Crippen LogP contribution in [0.2, 0.25) is 0 Å². The van der Waals surface area contributed by atoms with Crippen molar-refractivity contribution in [2.24, 2.45) is 5.92 Å². The summed E-state index contributed by atoms with van der Waals surface area (Å²) in [5.41, 5.74) is 2.64. The molecule has 114 valence electrons. The Morgan fingerprint density at radius 1 is 1.48 bits per heavy atom. The second-order valence-electron chi connectivity index (χ2n) is 6.04. The van der Waals surface area contributed by atoms with Crippen molar-refractivity contribution in [2.75, 3.05) is 51.8 Å². The Balaban J connectivity index is 2.29. The van der Waals surface area contributed by atoms with Crippen LogP contribution in [0.25, 0.3) is 0 Å². The van der Waals surface area contributed by atoms with E-state index < -0.39 is 0 Å². The van der Waals surface area contributed by atoms with Gasteiger partial charge in [-0.3, -0.25) is 0 Å². The number of hydrogen-bond acceptors (Lipinski definition) is 5. The minimum atomic E-state index is 0.427. The Bertz CT molecular complexity index is 536. The molecule has 0 bridgehead atoms. The van der Waals surface area contributed by atoms with Crippen molar-refractivity contribution in [1.29, 1.82) is 5.26 Å². The predicted octanol–water partition coefficient (Wildman–Crippen LogP) is 1.58. The highest BCUT2D eigenvalue weighted by Crippen LogP contribution is 2.24. The van der Waals surface area contributed by atoms with E-state index in [0.29, 0.717) is 18.1 Å². The van der Waals surface area contributed by atoms with E-state index in [0.717, 1.165) is 43.3 Å². The van der Waals surface area contributed by atoms with E-state index in [1.165, 1.54) is 0 Å². The number of aryl methyl sites for hydroxylation is 2. The van der Waals surface area contributed by atoms with Gasteiger partial charge in [-0.2, -0.15) is 5.26 Å². The first kappa shape index (κ1) is 15.7. The molecule has 0 unspecified atom stereocenters. The lowest BCUT2D eigenvalue weighted by Gasteiger charge is -2.27. The first-order valence-electron chi connectivity index (χ1n) is 7.37. The van der Waals surface area contributed by atoms with Crippen LogP contribution in [0.3, 0.4) is 0 Å². The minimum absolute atomic E-state index is 0.427. The molecule has 1 saturated heterocycles. The molecule has 1 aromatic heterocycles. The SMILES string of the molecule is Cc1cc(C)c(C#N)c(N2CCOC[C@@H](CN(C)C)C2)n1. The molecule has 1 atom stereocenters. The molecule has 0 aromatic carbocycles. The van der Waals surface area contributed by atoms with Gasteiger partial charge in [0.05, 0.1) is 18.8 Å². The summed E-state index contributed by atoms with van der Waals surface area (Å²) in [7, 11) is 4.15. The van der Waals surface area contributed by atoms with Gasteiger partial charge in [-0.25, -0.2) is 4.98 Å². The molecule has 5 nitrogen and oxygen atoms in total. The van der Waals surface area contributed by atoms with Crippen LogP contribution in [-0.4, -0.2) is 56.8 Å². The van der Waals surface area contributed by atoms with Crippen LogP contribution in [0.1, 0.15) is 16.8 Å². The Kier molecular flexibility index (Phi) is 5.16. The average molecular weight is 288 g/mol. The predicted molar refractivity (Wildman–Crippen MR) is 83.5 cm³/mol. The van der Waals surface area contributed by atoms with E-state index in [1.54, 1.807) is 0 Å². The lowest BCUT2D eigenvalue weighted by molar-refractivity contribution is 0.113. The fraction of sp³-hybridized carbons (Fsp3) is 0.625. The number of pyridine rings is 1. The topological polar surface area (TPSA) is 52.4 Å². The number of nitrogens with zero attached hydrogens (tertiary/aromatic N) is 4. The molecule has 0 spiro atoms. The highest BCUT2D eigenvalue weighted by molar-refractivity contribution is 5.58. The molecule has 0 amide bonds. The van der Waals surface area contributed by atoms with Crippen LogP contribution in [0.4, 0.5) is 5.82 Å². The van der Waals surface area contributed by atoms with Crippen molar-refractivity contribution in [2.45, 2.75) is 13.8 Å². The molecule has 0 radical (unpaired) electrons. The molecule has 5 heteroatoms. The number of aromatic nitrogens is 1. The van der Waals surface area contributed by atoms with E-state index in [2.05, 4.69) is 34.9 Å². The smallest absolute Gasteiger partial charge is 0.147 e. The largest absolute Gasteiger partial charge is 0.379 e. The van der Waals surface area contributed by atoms with Gasteiger partial charge in [0.1, 0.15) is 11.9 Å². The quantitative estimate of drug-likeness (QED) is 0.845. The van der Waals surface area contributed by atoms with E-state index in [9.17, 15) is 5.26 Å². The van der Waals surface area contributed by atoms with E-state index in [1.807, 2.05) is 19.9 Å². The lowest BCUT2D eigenvalue weighted by Crippen LogP contribution is -2.35. The van der Waals surface area contributed by atoms with E-state index in [4.69, 9.17) is 4.74 Å². The second-order valence-corrected chi connectivity index (χ2v) is 6.04. The zero-order valence-corrected chi connectivity index (χ0v) is 13.4. The fourth-order valence-electron chi connectivity index (χ4n) is 2.88. The van der Waals surface area contributed by atoms with Gasteiger partial charge in [-0.05, 0) is 39.6 Å². The lowest BCUT2D eigenvalue weighted by atomic mass is 10.1. The van der Waals surface area contributed by atoms with Gasteiger partial charge in [-0.15, -0.1) is 0 Å². The molecular formula is C16H24N4O. The van der Waals surface area contributed by atoms with Crippen molar-refractivity contribution >= 4 is 5.82 Å². The third-order valence-electron chi connectivity index (χ3n) is 3.70. The maximum absolute atomic E-state index is 9.45. The molecule has 1 fully saturated rings. The molecule has 1 aliphatic heterocycles. The maximum atomic E-state index is 9.45. The van der Waals surface area contributed by atoms with Crippen molar-refractivity contribution in [3.8, 4) is 6.07 Å². The summed E-state index contributed by atoms with van der Waals surface area (Å²) >= 11 is 0. The van der Waals surface area contributed by atoms with Crippen molar-refractivity contribution in [1.82, 2.24) is 9.88 Å². The van der Waals surface area contributed by atoms with Gasteiger partial charge in [0.25, 0.3) is 0 Å². The number of anilines is 1. The van der Waals surface area contributed by atoms with Crippen LogP contribution in [-0.2, 0) is 4.74 Å². The van der Waals surface area contributed by atoms with Gasteiger partial charge in [0.2, 0.25) is 0 Å². The van der Waals surface area contributed by atoms with Crippen LogP contribution < -0.4 is 4.90 Å². The number of hydrogen-bond donors (Lipinski definition) is 0. The minimum Gasteiger partial charge on any atom is -0.379 e. The summed E-state index contributed by atoms with van der Waals surface area (Å²) in [4.78, 5) is 9.00. The summed E-state index contributed by atoms with van der Waals surface area (Å²) < 4.78 is 5.71. The average Bonchev–Trinajstić information content (AvgIpc) is 2.62. The standard InChI is InChI=1S/C16H24N4O/c1-12-7-13(2)18-16(15(12)8-17)20-5-6-21-11-14(10-20)9-19(3)4/h7,14H,5-6,9-11H2,1-4H3/t14-/m0/s1. The molecule has 0 saturated carbocycles. The van der Waals surface area contributed by atoms with Gasteiger partial charge in [0.15, 0.2) is 0 Å². The first-order valence-corrected chi connectivity index (χ1v) is 7.37. The van der Waals surface area contributed by atoms with Crippen LogP contribution in [0, 0.1) is 31.1 Å². The maximum Gasteiger partial charge on any atom is 0.147 e. The summed E-state index contributed by atoms with van der Waals surface area (Å²) in [5.74, 6) is 1.24. The third kappa shape index (κ3) is 3.93. The van der Waals surface area contributed by atoms with E-state index in [-0.39, 0.29) is 0 Å². The molecular weight excluding hydrogens is 264 g/mol. The zero-order valence-electron chi connectivity index (χ0n) is 13.4. The molecule has 1 aliphatic rings. The Morgan fingerprint density at radius 2 is 2.24 bits per heavy atom. The highest BCUT2D eigenvalue weighted by atomic mass is 16.5.